The number of hydrogen-bond donors (Lipinski definition) is 0. The fourth-order valence-corrected chi connectivity index (χ4v) is 3.70. The predicted molar refractivity (Wildman–Crippen MR) is 96.5 cm³/mol. The van der Waals surface area contributed by atoms with Gasteiger partial charge in [-0.05, 0) is 31.9 Å². The van der Waals surface area contributed by atoms with E-state index < -0.39 is 0 Å². The number of carbonyl (C=O) groups excluding carboxylic acids is 3. The molecule has 1 aromatic rings. The largest absolute Gasteiger partial charge is 0.492 e. The second-order valence-electron chi connectivity index (χ2n) is 7.24. The molecule has 3 rings (SSSR count). The number of carbonyl (C=O) groups is 3. The van der Waals surface area contributed by atoms with Gasteiger partial charge in [-0.1, -0.05) is 30.5 Å². The molecule has 2 fully saturated rings. The number of amides is 3. The Bertz CT molecular complexity index is 662. The van der Waals surface area contributed by atoms with Gasteiger partial charge in [-0.2, -0.15) is 0 Å². The highest BCUT2D eigenvalue weighted by Gasteiger charge is 2.48. The monoisotopic (exact) mass is 358 g/mol. The lowest BCUT2D eigenvalue weighted by Crippen LogP contribution is -2.42. The quantitative estimate of drug-likeness (QED) is 0.730. The van der Waals surface area contributed by atoms with Gasteiger partial charge in [0.1, 0.15) is 18.9 Å². The average molecular weight is 358 g/mol. The fourth-order valence-electron chi connectivity index (χ4n) is 3.70. The Morgan fingerprint density at radius 1 is 1.12 bits per heavy atom. The number of imide groups is 1. The highest BCUT2D eigenvalue weighted by atomic mass is 16.5. The third-order valence-corrected chi connectivity index (χ3v) is 5.37. The molecule has 2 aliphatic rings. The van der Waals surface area contributed by atoms with Crippen molar-refractivity contribution < 1.29 is 19.1 Å². The van der Waals surface area contributed by atoms with Crippen LogP contribution in [0.3, 0.4) is 0 Å². The minimum Gasteiger partial charge on any atom is -0.492 e. The van der Waals surface area contributed by atoms with E-state index in [1.807, 2.05) is 31.2 Å². The molecule has 0 unspecified atom stereocenters. The summed E-state index contributed by atoms with van der Waals surface area (Å²) in [7, 11) is 1.67. The average Bonchev–Trinajstić information content (AvgIpc) is 2.88. The van der Waals surface area contributed by atoms with Crippen LogP contribution in [-0.2, 0) is 14.4 Å². The first-order valence-corrected chi connectivity index (χ1v) is 9.26. The van der Waals surface area contributed by atoms with Crippen LogP contribution in [-0.4, -0.2) is 54.3 Å². The summed E-state index contributed by atoms with van der Waals surface area (Å²) >= 11 is 0. The SMILES string of the molecule is Cc1ccc(OCCN(C)C(=O)CN2C(=O)[C@H]3CCCC[C@@H]3C2=O)cc1. The van der Waals surface area contributed by atoms with Crippen molar-refractivity contribution in [2.75, 3.05) is 26.7 Å². The van der Waals surface area contributed by atoms with E-state index in [0.29, 0.717) is 13.2 Å². The number of nitrogens with zero attached hydrogens (tertiary/aromatic N) is 2. The van der Waals surface area contributed by atoms with Crippen molar-refractivity contribution in [1.82, 2.24) is 9.80 Å². The first-order valence-electron chi connectivity index (χ1n) is 9.26. The molecule has 26 heavy (non-hydrogen) atoms. The van der Waals surface area contributed by atoms with Crippen LogP contribution < -0.4 is 4.74 Å². The van der Waals surface area contributed by atoms with Crippen LogP contribution in [0.25, 0.3) is 0 Å². The standard InChI is InChI=1S/C20H26N2O4/c1-14-7-9-15(10-8-14)26-12-11-21(2)18(23)13-22-19(24)16-5-3-4-6-17(16)20(22)25/h7-10,16-17H,3-6,11-13H2,1-2H3/t16-,17-/m0/s1. The van der Waals surface area contributed by atoms with Crippen LogP contribution >= 0.6 is 0 Å². The second kappa shape index (κ2) is 7.89. The molecule has 1 heterocycles. The Morgan fingerprint density at radius 3 is 2.27 bits per heavy atom. The van der Waals surface area contributed by atoms with Gasteiger partial charge in [0.05, 0.1) is 18.4 Å². The van der Waals surface area contributed by atoms with Crippen molar-refractivity contribution in [1.29, 1.82) is 0 Å². The molecule has 0 N–H and O–H groups in total. The van der Waals surface area contributed by atoms with E-state index in [-0.39, 0.29) is 36.1 Å². The summed E-state index contributed by atoms with van der Waals surface area (Å²) in [5.74, 6) is -0.239. The van der Waals surface area contributed by atoms with Gasteiger partial charge < -0.3 is 9.64 Å². The van der Waals surface area contributed by atoms with Crippen LogP contribution in [0.1, 0.15) is 31.2 Å². The normalized spacial score (nSPS) is 22.3. The summed E-state index contributed by atoms with van der Waals surface area (Å²) in [5, 5.41) is 0. The number of fused-ring (bicyclic) bond motifs is 1. The van der Waals surface area contributed by atoms with Gasteiger partial charge in [0.2, 0.25) is 17.7 Å². The van der Waals surface area contributed by atoms with E-state index in [0.717, 1.165) is 37.0 Å². The molecule has 0 bridgehead atoms. The van der Waals surface area contributed by atoms with Crippen molar-refractivity contribution in [2.24, 2.45) is 11.8 Å². The molecule has 1 aliphatic heterocycles. The molecule has 2 atom stereocenters. The Hall–Kier alpha value is -2.37. The van der Waals surface area contributed by atoms with E-state index in [9.17, 15) is 14.4 Å². The molecule has 3 amide bonds. The van der Waals surface area contributed by atoms with E-state index in [2.05, 4.69) is 0 Å². The Labute approximate surface area is 154 Å². The lowest BCUT2D eigenvalue weighted by molar-refractivity contribution is -0.146. The van der Waals surface area contributed by atoms with Gasteiger partial charge in [-0.25, -0.2) is 0 Å². The molecular formula is C20H26N2O4. The zero-order chi connectivity index (χ0) is 18.7. The molecule has 140 valence electrons. The van der Waals surface area contributed by atoms with Crippen molar-refractivity contribution >= 4 is 17.7 Å². The molecule has 6 nitrogen and oxygen atoms in total. The van der Waals surface area contributed by atoms with Crippen LogP contribution in [0, 0.1) is 18.8 Å². The summed E-state index contributed by atoms with van der Waals surface area (Å²) in [6.45, 7) is 2.60. The minimum absolute atomic E-state index is 0.161. The summed E-state index contributed by atoms with van der Waals surface area (Å²) in [6, 6.07) is 7.71. The van der Waals surface area contributed by atoms with Crippen LogP contribution in [0.5, 0.6) is 5.75 Å². The van der Waals surface area contributed by atoms with Gasteiger partial charge in [0.25, 0.3) is 0 Å². The Balaban J connectivity index is 1.48. The maximum Gasteiger partial charge on any atom is 0.242 e. The third-order valence-electron chi connectivity index (χ3n) is 5.37. The summed E-state index contributed by atoms with van der Waals surface area (Å²) in [6.07, 6.45) is 3.50. The fraction of sp³-hybridized carbons (Fsp3) is 0.550. The van der Waals surface area contributed by atoms with Crippen molar-refractivity contribution in [3.63, 3.8) is 0 Å². The van der Waals surface area contributed by atoms with E-state index >= 15 is 0 Å². The Morgan fingerprint density at radius 2 is 1.69 bits per heavy atom. The summed E-state index contributed by atoms with van der Waals surface area (Å²) < 4.78 is 5.63. The minimum atomic E-state index is -0.238. The number of benzene rings is 1. The van der Waals surface area contributed by atoms with Crippen LogP contribution in [0.4, 0.5) is 0 Å². The highest BCUT2D eigenvalue weighted by molar-refractivity contribution is 6.07. The predicted octanol–water partition coefficient (Wildman–Crippen LogP) is 2.01. The van der Waals surface area contributed by atoms with Gasteiger partial charge >= 0.3 is 0 Å². The smallest absolute Gasteiger partial charge is 0.242 e. The molecule has 0 aromatic heterocycles. The molecule has 1 saturated heterocycles. The number of aryl methyl sites for hydroxylation is 1. The molecule has 1 aromatic carbocycles. The van der Waals surface area contributed by atoms with E-state index in [1.54, 1.807) is 7.05 Å². The molecule has 0 spiro atoms. The molecular weight excluding hydrogens is 332 g/mol. The molecule has 1 saturated carbocycles. The third kappa shape index (κ3) is 3.89. The van der Waals surface area contributed by atoms with Gasteiger partial charge in [-0.15, -0.1) is 0 Å². The van der Waals surface area contributed by atoms with Crippen molar-refractivity contribution in [2.45, 2.75) is 32.6 Å². The first-order chi connectivity index (χ1) is 12.5. The first kappa shape index (κ1) is 18.4. The van der Waals surface area contributed by atoms with Crippen LogP contribution in [0.15, 0.2) is 24.3 Å². The Kier molecular flexibility index (Phi) is 5.59. The van der Waals surface area contributed by atoms with Crippen LogP contribution in [0.2, 0.25) is 0 Å². The van der Waals surface area contributed by atoms with E-state index in [1.165, 1.54) is 9.80 Å². The number of hydrogen-bond acceptors (Lipinski definition) is 4. The lowest BCUT2D eigenvalue weighted by atomic mass is 9.81. The molecule has 6 heteroatoms. The van der Waals surface area contributed by atoms with Gasteiger partial charge in [0.15, 0.2) is 0 Å². The summed E-state index contributed by atoms with van der Waals surface area (Å²) in [4.78, 5) is 40.0. The molecule has 0 radical (unpaired) electrons. The molecule has 1 aliphatic carbocycles. The number of likely N-dealkylation sites (N-methyl/N-ethyl adjacent to an activating group) is 1. The summed E-state index contributed by atoms with van der Waals surface area (Å²) in [5.41, 5.74) is 1.16. The zero-order valence-electron chi connectivity index (χ0n) is 15.4. The number of likely N-dealkylation sites (tertiary alicyclic amines) is 1. The maximum atomic E-state index is 12.4. The number of rotatable bonds is 6. The lowest BCUT2D eigenvalue weighted by Gasteiger charge is -2.21. The highest BCUT2D eigenvalue weighted by Crippen LogP contribution is 2.37. The topological polar surface area (TPSA) is 66.9 Å². The van der Waals surface area contributed by atoms with Gasteiger partial charge in [0, 0.05) is 7.05 Å². The van der Waals surface area contributed by atoms with Gasteiger partial charge in [-0.3, -0.25) is 19.3 Å². The maximum absolute atomic E-state index is 12.4. The number of ether oxygens (including phenoxy) is 1. The van der Waals surface area contributed by atoms with E-state index in [4.69, 9.17) is 4.74 Å². The second-order valence-corrected chi connectivity index (χ2v) is 7.24. The van der Waals surface area contributed by atoms with Crippen molar-refractivity contribution in [3.05, 3.63) is 29.8 Å². The van der Waals surface area contributed by atoms with Crippen molar-refractivity contribution in [3.8, 4) is 5.75 Å². The zero-order valence-corrected chi connectivity index (χ0v) is 15.4.